The molecule has 0 radical (unpaired) electrons. The van der Waals surface area contributed by atoms with Crippen LogP contribution in [0.2, 0.25) is 10.0 Å². The Kier molecular flexibility index (Phi) is 4.52. The Morgan fingerprint density at radius 3 is 2.65 bits per heavy atom. The molecule has 0 heterocycles. The van der Waals surface area contributed by atoms with Gasteiger partial charge in [0.25, 0.3) is 0 Å². The minimum atomic E-state index is -0.427. The third-order valence-corrected chi connectivity index (χ3v) is 3.03. The van der Waals surface area contributed by atoms with Gasteiger partial charge in [0.05, 0.1) is 10.7 Å². The van der Waals surface area contributed by atoms with Crippen molar-refractivity contribution in [2.75, 3.05) is 10.6 Å². The maximum atomic E-state index is 11.9. The Balaban J connectivity index is 2.09. The number of nitrogens with one attached hydrogen (secondary N) is 2. The molecule has 2 N–H and O–H groups in total. The number of hydrogen-bond donors (Lipinski definition) is 2. The zero-order chi connectivity index (χ0) is 14.5. The van der Waals surface area contributed by atoms with Crippen LogP contribution in [0.5, 0.6) is 0 Å². The second-order valence-electron chi connectivity index (χ2n) is 3.93. The number of carbonyl (C=O) groups is 1. The lowest BCUT2D eigenvalue weighted by Crippen LogP contribution is -2.19. The van der Waals surface area contributed by atoms with Gasteiger partial charge in [-0.15, -0.1) is 6.42 Å². The fourth-order valence-corrected chi connectivity index (χ4v) is 1.90. The second-order valence-corrected chi connectivity index (χ2v) is 4.77. The molecule has 0 aliphatic carbocycles. The molecule has 20 heavy (non-hydrogen) atoms. The van der Waals surface area contributed by atoms with Crippen LogP contribution in [0, 0.1) is 12.3 Å². The number of anilines is 2. The van der Waals surface area contributed by atoms with Gasteiger partial charge >= 0.3 is 6.03 Å². The lowest BCUT2D eigenvalue weighted by Gasteiger charge is -2.09. The van der Waals surface area contributed by atoms with Gasteiger partial charge in [-0.05, 0) is 36.4 Å². The molecule has 2 rings (SSSR count). The summed E-state index contributed by atoms with van der Waals surface area (Å²) in [6.45, 7) is 0. The van der Waals surface area contributed by atoms with Crippen molar-refractivity contribution < 1.29 is 4.79 Å². The first-order valence-electron chi connectivity index (χ1n) is 5.68. The quantitative estimate of drug-likeness (QED) is 0.781. The van der Waals surface area contributed by atoms with Crippen LogP contribution >= 0.6 is 23.2 Å². The molecule has 2 aromatic carbocycles. The van der Waals surface area contributed by atoms with Gasteiger partial charge in [-0.3, -0.25) is 0 Å². The highest BCUT2D eigenvalue weighted by atomic mass is 35.5. The first kappa shape index (κ1) is 14.3. The lowest BCUT2D eigenvalue weighted by atomic mass is 10.2. The molecule has 0 saturated carbocycles. The predicted molar refractivity (Wildman–Crippen MR) is 83.5 cm³/mol. The van der Waals surface area contributed by atoms with Crippen molar-refractivity contribution >= 4 is 40.6 Å². The fourth-order valence-electron chi connectivity index (χ4n) is 1.56. The summed E-state index contributed by atoms with van der Waals surface area (Å²) in [6, 6.07) is 11.4. The molecular formula is C15H10Cl2N2O. The summed E-state index contributed by atoms with van der Waals surface area (Å²) in [5.74, 6) is 2.50. The van der Waals surface area contributed by atoms with Crippen LogP contribution in [0.4, 0.5) is 16.2 Å². The minimum absolute atomic E-state index is 0.405. The summed E-state index contributed by atoms with van der Waals surface area (Å²) >= 11 is 11.8. The summed E-state index contributed by atoms with van der Waals surface area (Å²) in [7, 11) is 0. The molecule has 100 valence electrons. The highest BCUT2D eigenvalue weighted by Crippen LogP contribution is 2.25. The van der Waals surface area contributed by atoms with Crippen molar-refractivity contribution in [2.24, 2.45) is 0 Å². The van der Waals surface area contributed by atoms with Crippen LogP contribution in [0.25, 0.3) is 0 Å². The summed E-state index contributed by atoms with van der Waals surface area (Å²) in [4.78, 5) is 11.9. The molecule has 3 nitrogen and oxygen atoms in total. The maximum Gasteiger partial charge on any atom is 0.323 e. The van der Waals surface area contributed by atoms with Gasteiger partial charge in [0.1, 0.15) is 0 Å². The minimum Gasteiger partial charge on any atom is -0.308 e. The number of amides is 2. The normalized spacial score (nSPS) is 9.65. The molecule has 0 fully saturated rings. The van der Waals surface area contributed by atoms with Crippen molar-refractivity contribution in [1.82, 2.24) is 0 Å². The smallest absolute Gasteiger partial charge is 0.308 e. The van der Waals surface area contributed by atoms with Crippen molar-refractivity contribution in [1.29, 1.82) is 0 Å². The average Bonchev–Trinajstić information content (AvgIpc) is 2.43. The number of benzene rings is 2. The van der Waals surface area contributed by atoms with Gasteiger partial charge in [0.15, 0.2) is 0 Å². The number of urea groups is 1. The van der Waals surface area contributed by atoms with Gasteiger partial charge in [0.2, 0.25) is 0 Å². The first-order valence-corrected chi connectivity index (χ1v) is 6.44. The highest BCUT2D eigenvalue weighted by molar-refractivity contribution is 6.35. The SMILES string of the molecule is C#Cc1cccc(NC(=O)Nc2cc(Cl)ccc2Cl)c1. The zero-order valence-corrected chi connectivity index (χ0v) is 11.8. The molecule has 0 aliphatic heterocycles. The van der Waals surface area contributed by atoms with Crippen LogP contribution in [-0.4, -0.2) is 6.03 Å². The van der Waals surface area contributed by atoms with Crippen molar-refractivity contribution in [3.63, 3.8) is 0 Å². The summed E-state index contributed by atoms with van der Waals surface area (Å²) < 4.78 is 0. The number of rotatable bonds is 2. The van der Waals surface area contributed by atoms with Gasteiger partial charge in [-0.25, -0.2) is 4.79 Å². The van der Waals surface area contributed by atoms with Gasteiger partial charge in [-0.1, -0.05) is 35.2 Å². The summed E-state index contributed by atoms with van der Waals surface area (Å²) in [6.07, 6.45) is 5.30. The van der Waals surface area contributed by atoms with Crippen LogP contribution in [-0.2, 0) is 0 Å². The number of terminal acetylenes is 1. The Hall–Kier alpha value is -2.15. The lowest BCUT2D eigenvalue weighted by molar-refractivity contribution is 0.262. The van der Waals surface area contributed by atoms with Gasteiger partial charge in [-0.2, -0.15) is 0 Å². The molecule has 2 aromatic rings. The van der Waals surface area contributed by atoms with Crippen molar-refractivity contribution in [2.45, 2.75) is 0 Å². The van der Waals surface area contributed by atoms with Crippen LogP contribution < -0.4 is 10.6 Å². The predicted octanol–water partition coefficient (Wildman–Crippen LogP) is 4.62. The van der Waals surface area contributed by atoms with E-state index < -0.39 is 6.03 Å². The number of carbonyl (C=O) groups excluding carboxylic acids is 1. The van der Waals surface area contributed by atoms with Crippen molar-refractivity contribution in [3.8, 4) is 12.3 Å². The Labute approximate surface area is 126 Å². The van der Waals surface area contributed by atoms with E-state index >= 15 is 0 Å². The van der Waals surface area contributed by atoms with Crippen LogP contribution in [0.15, 0.2) is 42.5 Å². The third kappa shape index (κ3) is 3.67. The molecule has 0 unspecified atom stereocenters. The molecule has 5 heteroatoms. The molecule has 0 atom stereocenters. The molecule has 0 aromatic heterocycles. The molecule has 0 bridgehead atoms. The van der Waals surface area contributed by atoms with E-state index in [9.17, 15) is 4.79 Å². The largest absolute Gasteiger partial charge is 0.323 e. The van der Waals surface area contributed by atoms with Crippen LogP contribution in [0.3, 0.4) is 0 Å². The van der Waals surface area contributed by atoms with E-state index in [2.05, 4.69) is 16.6 Å². The average molecular weight is 305 g/mol. The van der Waals surface area contributed by atoms with E-state index in [1.807, 2.05) is 0 Å². The summed E-state index contributed by atoms with van der Waals surface area (Å²) in [5, 5.41) is 6.17. The fraction of sp³-hybridized carbons (Fsp3) is 0. The Bertz CT molecular complexity index is 693. The van der Waals surface area contributed by atoms with Crippen molar-refractivity contribution in [3.05, 3.63) is 58.1 Å². The molecule has 2 amide bonds. The van der Waals surface area contributed by atoms with E-state index in [-0.39, 0.29) is 0 Å². The molecule has 0 saturated heterocycles. The molecule has 0 spiro atoms. The third-order valence-electron chi connectivity index (χ3n) is 2.46. The van der Waals surface area contributed by atoms with E-state index in [0.29, 0.717) is 27.0 Å². The van der Waals surface area contributed by atoms with E-state index in [4.69, 9.17) is 29.6 Å². The molecular weight excluding hydrogens is 295 g/mol. The molecule has 0 aliphatic rings. The van der Waals surface area contributed by atoms with E-state index in [1.54, 1.807) is 42.5 Å². The topological polar surface area (TPSA) is 41.1 Å². The highest BCUT2D eigenvalue weighted by Gasteiger charge is 2.07. The van der Waals surface area contributed by atoms with Gasteiger partial charge in [0, 0.05) is 16.3 Å². The maximum absolute atomic E-state index is 11.9. The second kappa shape index (κ2) is 6.33. The van der Waals surface area contributed by atoms with E-state index in [0.717, 1.165) is 0 Å². The Morgan fingerprint density at radius 1 is 1.10 bits per heavy atom. The van der Waals surface area contributed by atoms with Crippen LogP contribution in [0.1, 0.15) is 5.56 Å². The number of hydrogen-bond acceptors (Lipinski definition) is 1. The summed E-state index contributed by atoms with van der Waals surface area (Å²) in [5.41, 5.74) is 1.71. The van der Waals surface area contributed by atoms with Gasteiger partial charge < -0.3 is 10.6 Å². The standard InChI is InChI=1S/C15H10Cl2N2O/c1-2-10-4-3-5-12(8-10)18-15(20)19-14-9-11(16)6-7-13(14)17/h1,3-9H,(H2,18,19,20). The number of halogens is 2. The zero-order valence-electron chi connectivity index (χ0n) is 10.3. The van der Waals surface area contributed by atoms with E-state index in [1.165, 1.54) is 0 Å². The monoisotopic (exact) mass is 304 g/mol. The Morgan fingerprint density at radius 2 is 1.90 bits per heavy atom. The first-order chi connectivity index (χ1) is 9.58.